The zero-order valence-corrected chi connectivity index (χ0v) is 32.6. The molecule has 312 valence electrons. The van der Waals surface area contributed by atoms with Gasteiger partial charge in [0, 0.05) is 30.7 Å². The molecular weight excluding hydrogens is 666 g/mol. The number of hydrogen-bond donors (Lipinski definition) is 3. The third-order valence-corrected chi connectivity index (χ3v) is 6.54. The van der Waals surface area contributed by atoms with Crippen LogP contribution in [0.5, 0.6) is 0 Å². The Balaban J connectivity index is -0.00000157. The average molecular weight is 748 g/mol. The summed E-state index contributed by atoms with van der Waals surface area (Å²) < 4.78 is 54.5. The van der Waals surface area contributed by atoms with Crippen LogP contribution in [0.3, 0.4) is 0 Å². The summed E-state index contributed by atoms with van der Waals surface area (Å²) in [7, 11) is 0. The van der Waals surface area contributed by atoms with Crippen molar-refractivity contribution in [2.75, 3.05) is 158 Å². The number of carbonyl (C=O) groups excluding carboxylic acids is 2. The highest BCUT2D eigenvalue weighted by Gasteiger charge is 2.01. The lowest BCUT2D eigenvalue weighted by Gasteiger charge is -2.09. The number of ether oxygens (including phenoxy) is 10. The molecule has 0 aliphatic carbocycles. The minimum absolute atomic E-state index is 0. The van der Waals surface area contributed by atoms with Crippen LogP contribution in [0, 0.1) is 0 Å². The van der Waals surface area contributed by atoms with Crippen molar-refractivity contribution < 1.29 is 61.2 Å². The fourth-order valence-electron chi connectivity index (χ4n) is 3.97. The Morgan fingerprint density at radius 1 is 0.412 bits per heavy atom. The monoisotopic (exact) mass is 748 g/mol. The number of nitrogens with one attached hydrogen (secondary N) is 3. The standard InChI is InChI=1S/C34H69N3O12.C2H6.3H2/c1-3-35-10-8-6-4-5-7-9-34(39)37-12-14-41-16-18-43-20-22-45-24-26-47-28-30-49-32-31-48-29-27-46-25-23-44-21-19-42-17-15-40-13-11-36-33(2)38;1-2;;;/h35H,3-32H2,1-2H3,(H,36,38)(H,37,39);1-2H3;3*1H. The van der Waals surface area contributed by atoms with Gasteiger partial charge in [0.05, 0.1) is 132 Å². The van der Waals surface area contributed by atoms with Crippen molar-refractivity contribution in [3.63, 3.8) is 0 Å². The molecule has 0 aromatic rings. The van der Waals surface area contributed by atoms with Crippen LogP contribution in [-0.4, -0.2) is 170 Å². The van der Waals surface area contributed by atoms with E-state index < -0.39 is 0 Å². The maximum Gasteiger partial charge on any atom is 0.220 e. The molecule has 0 radical (unpaired) electrons. The highest BCUT2D eigenvalue weighted by atomic mass is 16.6. The van der Waals surface area contributed by atoms with Gasteiger partial charge >= 0.3 is 0 Å². The SMILES string of the molecule is CC.CCNCCCCCCCC(=O)NCCOCCOCCOCCOCCOCCOCCOCCOCCOCCOCCNC(C)=O.[HH].[HH].[HH]. The Morgan fingerprint density at radius 2 is 0.706 bits per heavy atom. The molecule has 0 rings (SSSR count). The van der Waals surface area contributed by atoms with Gasteiger partial charge in [-0.15, -0.1) is 0 Å². The van der Waals surface area contributed by atoms with Gasteiger partial charge in [-0.25, -0.2) is 0 Å². The topological polar surface area (TPSA) is 163 Å². The molecule has 51 heavy (non-hydrogen) atoms. The smallest absolute Gasteiger partial charge is 0.220 e. The van der Waals surface area contributed by atoms with Crippen LogP contribution < -0.4 is 16.0 Å². The fraction of sp³-hybridized carbons (Fsp3) is 0.944. The molecule has 0 fully saturated rings. The van der Waals surface area contributed by atoms with Gasteiger partial charge in [-0.3, -0.25) is 9.59 Å². The first-order valence-electron chi connectivity index (χ1n) is 19.2. The molecule has 0 saturated heterocycles. The first-order valence-corrected chi connectivity index (χ1v) is 19.2. The van der Waals surface area contributed by atoms with Gasteiger partial charge in [0.25, 0.3) is 0 Å². The van der Waals surface area contributed by atoms with Crippen molar-refractivity contribution >= 4 is 11.8 Å². The predicted molar refractivity (Wildman–Crippen MR) is 204 cm³/mol. The van der Waals surface area contributed by atoms with E-state index in [9.17, 15) is 9.59 Å². The number of amides is 2. The van der Waals surface area contributed by atoms with Crippen molar-refractivity contribution in [2.24, 2.45) is 0 Å². The lowest BCUT2D eigenvalue weighted by Crippen LogP contribution is -2.27. The minimum Gasteiger partial charge on any atom is -0.377 e. The van der Waals surface area contributed by atoms with Crippen molar-refractivity contribution in [3.8, 4) is 0 Å². The molecule has 0 aromatic carbocycles. The van der Waals surface area contributed by atoms with E-state index >= 15 is 0 Å². The maximum absolute atomic E-state index is 11.8. The lowest BCUT2D eigenvalue weighted by molar-refractivity contribution is -0.121. The van der Waals surface area contributed by atoms with Crippen LogP contribution in [0.1, 0.15) is 70.5 Å². The Hall–Kier alpha value is -1.50. The first kappa shape index (κ1) is 51.6. The molecule has 0 spiro atoms. The average Bonchev–Trinajstić information content (AvgIpc) is 3.13. The summed E-state index contributed by atoms with van der Waals surface area (Å²) in [5, 5.41) is 8.88. The van der Waals surface area contributed by atoms with E-state index in [0.717, 1.165) is 25.9 Å². The molecular formula is C36H81N3O12. The molecule has 3 N–H and O–H groups in total. The van der Waals surface area contributed by atoms with E-state index in [4.69, 9.17) is 47.4 Å². The molecule has 15 heteroatoms. The van der Waals surface area contributed by atoms with Crippen LogP contribution in [0.25, 0.3) is 0 Å². The van der Waals surface area contributed by atoms with E-state index in [1.54, 1.807) is 0 Å². The summed E-state index contributed by atoms with van der Waals surface area (Å²) in [4.78, 5) is 22.6. The Morgan fingerprint density at radius 3 is 1.04 bits per heavy atom. The third kappa shape index (κ3) is 50.7. The van der Waals surface area contributed by atoms with Crippen LogP contribution in [0.15, 0.2) is 0 Å². The summed E-state index contributed by atoms with van der Waals surface area (Å²) in [5.74, 6) is 0.0341. The second-order valence-corrected chi connectivity index (χ2v) is 10.8. The van der Waals surface area contributed by atoms with E-state index in [2.05, 4.69) is 22.9 Å². The third-order valence-electron chi connectivity index (χ3n) is 6.54. The summed E-state index contributed by atoms with van der Waals surface area (Å²) >= 11 is 0. The number of unbranched alkanes of at least 4 members (excludes halogenated alkanes) is 4. The molecule has 2 amide bonds. The molecule has 0 bridgehead atoms. The molecule has 0 aliphatic heterocycles. The zero-order chi connectivity index (χ0) is 37.6. The molecule has 0 saturated carbocycles. The Labute approximate surface area is 313 Å². The van der Waals surface area contributed by atoms with Crippen molar-refractivity contribution in [1.29, 1.82) is 0 Å². The van der Waals surface area contributed by atoms with Gasteiger partial charge in [-0.1, -0.05) is 40.0 Å². The first-order chi connectivity index (χ1) is 25.2. The quantitative estimate of drug-likeness (QED) is 0.0782. The van der Waals surface area contributed by atoms with Crippen LogP contribution >= 0.6 is 0 Å². The van der Waals surface area contributed by atoms with Crippen LogP contribution in [-0.2, 0) is 57.0 Å². The normalized spacial score (nSPS) is 11.0. The van der Waals surface area contributed by atoms with E-state index in [-0.39, 0.29) is 16.1 Å². The van der Waals surface area contributed by atoms with Crippen LogP contribution in [0.4, 0.5) is 0 Å². The minimum atomic E-state index is -0.0627. The van der Waals surface area contributed by atoms with Gasteiger partial charge in [0.2, 0.25) is 11.8 Å². The van der Waals surface area contributed by atoms with Gasteiger partial charge < -0.3 is 63.3 Å². The highest BCUT2D eigenvalue weighted by molar-refractivity contribution is 5.75. The van der Waals surface area contributed by atoms with Crippen LogP contribution in [0.2, 0.25) is 0 Å². The number of rotatable bonds is 42. The second kappa shape index (κ2) is 48.5. The zero-order valence-electron chi connectivity index (χ0n) is 32.6. The molecule has 0 heterocycles. The summed E-state index contributed by atoms with van der Waals surface area (Å²) in [6, 6.07) is 0. The van der Waals surface area contributed by atoms with Gasteiger partial charge in [-0.05, 0) is 25.9 Å². The Bertz CT molecular complexity index is 700. The number of hydrogen-bond acceptors (Lipinski definition) is 13. The molecule has 0 unspecified atom stereocenters. The van der Waals surface area contributed by atoms with Gasteiger partial charge in [0.1, 0.15) is 0 Å². The van der Waals surface area contributed by atoms with Gasteiger partial charge in [0.15, 0.2) is 0 Å². The number of carbonyl (C=O) groups is 2. The summed E-state index contributed by atoms with van der Waals surface area (Å²) in [6.45, 7) is 20.6. The van der Waals surface area contributed by atoms with E-state index in [0.29, 0.717) is 152 Å². The molecule has 0 aromatic heterocycles. The van der Waals surface area contributed by atoms with Crippen molar-refractivity contribution in [3.05, 3.63) is 0 Å². The maximum atomic E-state index is 11.8. The molecule has 0 aliphatic rings. The molecule has 0 atom stereocenters. The Kier molecular flexibility index (Phi) is 49.1. The lowest BCUT2D eigenvalue weighted by atomic mass is 10.1. The van der Waals surface area contributed by atoms with Gasteiger partial charge in [-0.2, -0.15) is 0 Å². The summed E-state index contributed by atoms with van der Waals surface area (Å²) in [6.07, 6.45) is 6.25. The second-order valence-electron chi connectivity index (χ2n) is 10.8. The van der Waals surface area contributed by atoms with E-state index in [1.165, 1.54) is 26.2 Å². The fourth-order valence-corrected chi connectivity index (χ4v) is 3.97. The summed E-state index contributed by atoms with van der Waals surface area (Å²) in [5.41, 5.74) is 0. The predicted octanol–water partition coefficient (Wildman–Crippen LogP) is 3.12. The van der Waals surface area contributed by atoms with Crippen molar-refractivity contribution in [2.45, 2.75) is 66.2 Å². The highest BCUT2D eigenvalue weighted by Crippen LogP contribution is 2.04. The van der Waals surface area contributed by atoms with E-state index in [1.807, 2.05) is 13.8 Å². The largest absolute Gasteiger partial charge is 0.377 e. The van der Waals surface area contributed by atoms with Crippen molar-refractivity contribution in [1.82, 2.24) is 16.0 Å². The molecule has 15 nitrogen and oxygen atoms in total.